The minimum atomic E-state index is 0.158. The van der Waals surface area contributed by atoms with Crippen molar-refractivity contribution < 1.29 is 4.74 Å². The average Bonchev–Trinajstić information content (AvgIpc) is 2.44. The zero-order valence-electron chi connectivity index (χ0n) is 11.5. The van der Waals surface area contributed by atoms with E-state index in [0.29, 0.717) is 11.6 Å². The molecule has 2 aromatic carbocycles. The first-order valence-corrected chi connectivity index (χ1v) is 7.17. The number of aryl methyl sites for hydroxylation is 2. The molecule has 0 aliphatic heterocycles. The number of rotatable bonds is 2. The van der Waals surface area contributed by atoms with Crippen molar-refractivity contribution in [1.29, 1.82) is 0 Å². The highest BCUT2D eigenvalue weighted by Gasteiger charge is 2.10. The van der Waals surface area contributed by atoms with Crippen LogP contribution in [-0.4, -0.2) is 9.97 Å². The number of nitrogens with zero attached hydrogens (tertiary/aromatic N) is 2. The van der Waals surface area contributed by atoms with Crippen molar-refractivity contribution in [1.82, 2.24) is 9.97 Å². The summed E-state index contributed by atoms with van der Waals surface area (Å²) >= 11 is 12.1. The van der Waals surface area contributed by atoms with Gasteiger partial charge in [0, 0.05) is 5.02 Å². The van der Waals surface area contributed by atoms with E-state index in [1.807, 2.05) is 50.2 Å². The van der Waals surface area contributed by atoms with Crippen LogP contribution in [0.1, 0.15) is 11.1 Å². The fourth-order valence-electron chi connectivity index (χ4n) is 2.17. The van der Waals surface area contributed by atoms with Crippen LogP contribution in [0, 0.1) is 13.8 Å². The largest absolute Gasteiger partial charge is 0.438 e. The fraction of sp³-hybridized carbons (Fsp3) is 0.125. The summed E-state index contributed by atoms with van der Waals surface area (Å²) in [5.41, 5.74) is 2.65. The molecular formula is C16H12Cl2N2O. The van der Waals surface area contributed by atoms with E-state index < -0.39 is 0 Å². The van der Waals surface area contributed by atoms with Gasteiger partial charge in [0.15, 0.2) is 0 Å². The summed E-state index contributed by atoms with van der Waals surface area (Å²) in [5, 5.41) is 1.71. The van der Waals surface area contributed by atoms with Gasteiger partial charge in [0.2, 0.25) is 11.2 Å². The summed E-state index contributed by atoms with van der Waals surface area (Å²) in [5.74, 6) is 1.11. The predicted octanol–water partition coefficient (Wildman–Crippen LogP) is 5.35. The monoisotopic (exact) mass is 318 g/mol. The van der Waals surface area contributed by atoms with E-state index in [4.69, 9.17) is 27.9 Å². The van der Waals surface area contributed by atoms with E-state index in [-0.39, 0.29) is 5.28 Å². The van der Waals surface area contributed by atoms with Gasteiger partial charge in [0.05, 0.1) is 10.9 Å². The smallest absolute Gasteiger partial charge is 0.231 e. The maximum atomic E-state index is 6.17. The first-order chi connectivity index (χ1) is 10.0. The molecule has 3 rings (SSSR count). The summed E-state index contributed by atoms with van der Waals surface area (Å²) < 4.78 is 5.89. The van der Waals surface area contributed by atoms with Gasteiger partial charge in [-0.25, -0.2) is 4.98 Å². The van der Waals surface area contributed by atoms with Crippen LogP contribution in [0.2, 0.25) is 10.3 Å². The lowest BCUT2D eigenvalue weighted by Crippen LogP contribution is -1.94. The molecule has 106 valence electrons. The molecular weight excluding hydrogens is 307 g/mol. The molecule has 0 fully saturated rings. The highest BCUT2D eigenvalue weighted by atomic mass is 35.5. The average molecular weight is 319 g/mol. The van der Waals surface area contributed by atoms with E-state index in [1.54, 1.807) is 0 Å². The maximum Gasteiger partial charge on any atom is 0.231 e. The highest BCUT2D eigenvalue weighted by molar-refractivity contribution is 6.32. The van der Waals surface area contributed by atoms with Crippen LogP contribution in [0.3, 0.4) is 0 Å². The number of para-hydroxylation sites is 1. The van der Waals surface area contributed by atoms with Crippen molar-refractivity contribution in [3.8, 4) is 11.6 Å². The molecule has 21 heavy (non-hydrogen) atoms. The summed E-state index contributed by atoms with van der Waals surface area (Å²) in [6.45, 7) is 3.88. The Balaban J connectivity index is 2.10. The predicted molar refractivity (Wildman–Crippen MR) is 85.5 cm³/mol. The minimum absolute atomic E-state index is 0.158. The van der Waals surface area contributed by atoms with Crippen LogP contribution in [0.4, 0.5) is 0 Å². The second kappa shape index (κ2) is 5.51. The zero-order chi connectivity index (χ0) is 15.0. The van der Waals surface area contributed by atoms with Gasteiger partial charge in [-0.2, -0.15) is 4.98 Å². The normalized spacial score (nSPS) is 10.9. The fourth-order valence-corrected chi connectivity index (χ4v) is 2.45. The molecule has 0 aliphatic carbocycles. The van der Waals surface area contributed by atoms with Gasteiger partial charge in [-0.3, -0.25) is 0 Å². The highest BCUT2D eigenvalue weighted by Crippen LogP contribution is 2.32. The molecule has 0 atom stereocenters. The quantitative estimate of drug-likeness (QED) is 0.598. The van der Waals surface area contributed by atoms with Crippen LogP contribution in [0.15, 0.2) is 36.4 Å². The van der Waals surface area contributed by atoms with E-state index in [2.05, 4.69) is 9.97 Å². The van der Waals surface area contributed by atoms with Gasteiger partial charge in [-0.05, 0) is 60.8 Å². The first-order valence-electron chi connectivity index (χ1n) is 6.41. The van der Waals surface area contributed by atoms with Crippen molar-refractivity contribution in [3.05, 3.63) is 57.8 Å². The van der Waals surface area contributed by atoms with Crippen molar-refractivity contribution in [2.45, 2.75) is 13.8 Å². The van der Waals surface area contributed by atoms with Gasteiger partial charge >= 0.3 is 0 Å². The third-order valence-electron chi connectivity index (χ3n) is 3.17. The topological polar surface area (TPSA) is 35.0 Å². The molecule has 3 aromatic rings. The lowest BCUT2D eigenvalue weighted by molar-refractivity contribution is 0.467. The number of benzene rings is 2. The summed E-state index contributed by atoms with van der Waals surface area (Å²) in [6, 6.07) is 11.3. The van der Waals surface area contributed by atoms with Crippen molar-refractivity contribution in [2.75, 3.05) is 0 Å². The van der Waals surface area contributed by atoms with Crippen molar-refractivity contribution in [3.63, 3.8) is 0 Å². The van der Waals surface area contributed by atoms with Crippen molar-refractivity contribution in [2.24, 2.45) is 0 Å². The molecule has 0 aliphatic rings. The number of halogens is 2. The molecule has 0 bridgehead atoms. The number of fused-ring (bicyclic) bond motifs is 1. The lowest BCUT2D eigenvalue weighted by Gasteiger charge is -2.10. The Morgan fingerprint density at radius 2 is 1.62 bits per heavy atom. The van der Waals surface area contributed by atoms with Gasteiger partial charge in [0.1, 0.15) is 5.75 Å². The maximum absolute atomic E-state index is 6.17. The SMILES string of the molecule is Cc1cc(Oc2nc(Cl)nc3ccccc23)cc(C)c1Cl. The van der Waals surface area contributed by atoms with E-state index in [9.17, 15) is 0 Å². The van der Waals surface area contributed by atoms with Crippen LogP contribution >= 0.6 is 23.2 Å². The van der Waals surface area contributed by atoms with Gasteiger partial charge in [-0.15, -0.1) is 0 Å². The molecule has 0 N–H and O–H groups in total. The van der Waals surface area contributed by atoms with E-state index in [1.165, 1.54) is 0 Å². The Labute approximate surface area is 132 Å². The third-order valence-corrected chi connectivity index (χ3v) is 3.93. The molecule has 1 heterocycles. The van der Waals surface area contributed by atoms with Crippen LogP contribution in [-0.2, 0) is 0 Å². The molecule has 5 heteroatoms. The minimum Gasteiger partial charge on any atom is -0.438 e. The van der Waals surface area contributed by atoms with Crippen LogP contribution in [0.5, 0.6) is 11.6 Å². The Morgan fingerprint density at radius 3 is 2.33 bits per heavy atom. The molecule has 0 radical (unpaired) electrons. The lowest BCUT2D eigenvalue weighted by atomic mass is 10.1. The van der Waals surface area contributed by atoms with Crippen molar-refractivity contribution >= 4 is 34.1 Å². The second-order valence-electron chi connectivity index (χ2n) is 4.79. The number of ether oxygens (including phenoxy) is 1. The van der Waals surface area contributed by atoms with Crippen LogP contribution < -0.4 is 4.74 Å². The molecule has 0 unspecified atom stereocenters. The molecule has 3 nitrogen and oxygen atoms in total. The van der Waals surface area contributed by atoms with Gasteiger partial charge < -0.3 is 4.74 Å². The number of aromatic nitrogens is 2. The van der Waals surface area contributed by atoms with E-state index in [0.717, 1.165) is 27.1 Å². The van der Waals surface area contributed by atoms with Gasteiger partial charge in [0.25, 0.3) is 0 Å². The Bertz CT molecular complexity index is 811. The molecule has 1 aromatic heterocycles. The molecule has 0 amide bonds. The molecule has 0 saturated heterocycles. The summed E-state index contributed by atoms with van der Waals surface area (Å²) in [7, 11) is 0. The Kier molecular flexibility index (Phi) is 3.70. The Hall–Kier alpha value is -1.84. The second-order valence-corrected chi connectivity index (χ2v) is 5.50. The third kappa shape index (κ3) is 2.80. The molecule has 0 spiro atoms. The summed E-state index contributed by atoms with van der Waals surface area (Å²) in [6.07, 6.45) is 0. The Morgan fingerprint density at radius 1 is 0.952 bits per heavy atom. The molecule has 0 saturated carbocycles. The number of hydrogen-bond donors (Lipinski definition) is 0. The number of hydrogen-bond acceptors (Lipinski definition) is 3. The van der Waals surface area contributed by atoms with E-state index >= 15 is 0 Å². The zero-order valence-corrected chi connectivity index (χ0v) is 13.0. The summed E-state index contributed by atoms with van der Waals surface area (Å²) in [4.78, 5) is 8.36. The first kappa shape index (κ1) is 14.1. The van der Waals surface area contributed by atoms with Gasteiger partial charge in [-0.1, -0.05) is 23.7 Å². The van der Waals surface area contributed by atoms with Crippen LogP contribution in [0.25, 0.3) is 10.9 Å². The standard InChI is InChI=1S/C16H12Cl2N2O/c1-9-7-11(8-10(2)14(9)17)21-15-12-5-3-4-6-13(12)19-16(18)20-15/h3-8H,1-2H3.